The molecule has 0 unspecified atom stereocenters. The van der Waals surface area contributed by atoms with Crippen LogP contribution in [0.15, 0.2) is 12.4 Å². The van der Waals surface area contributed by atoms with Crippen LogP contribution in [-0.4, -0.2) is 48.7 Å². The van der Waals surface area contributed by atoms with Gasteiger partial charge in [-0.1, -0.05) is 0 Å². The Balaban J connectivity index is 0.00000261. The van der Waals surface area contributed by atoms with Crippen molar-refractivity contribution < 1.29 is 22.7 Å². The number of ether oxygens (including phenoxy) is 1. The molecule has 0 spiro atoms. The van der Waals surface area contributed by atoms with Gasteiger partial charge in [-0.15, -0.1) is 12.4 Å². The van der Waals surface area contributed by atoms with Gasteiger partial charge in [0, 0.05) is 38.6 Å². The molecule has 0 radical (unpaired) electrons. The third-order valence-electron chi connectivity index (χ3n) is 4.30. The van der Waals surface area contributed by atoms with Crippen molar-refractivity contribution in [2.75, 3.05) is 37.0 Å². The predicted molar refractivity (Wildman–Crippen MR) is 98.3 cm³/mol. The average molecular weight is 408 g/mol. The van der Waals surface area contributed by atoms with Crippen LogP contribution >= 0.6 is 12.4 Å². The van der Waals surface area contributed by atoms with E-state index in [0.717, 1.165) is 12.6 Å². The third-order valence-corrected chi connectivity index (χ3v) is 4.30. The molecule has 150 valence electrons. The van der Waals surface area contributed by atoms with E-state index in [-0.39, 0.29) is 47.5 Å². The minimum absolute atomic E-state index is 0. The van der Waals surface area contributed by atoms with Crippen LogP contribution in [-0.2, 0) is 15.7 Å². The highest BCUT2D eigenvalue weighted by Crippen LogP contribution is 2.43. The van der Waals surface area contributed by atoms with E-state index in [9.17, 15) is 18.0 Å². The van der Waals surface area contributed by atoms with E-state index in [2.05, 4.69) is 15.3 Å². The Labute approximate surface area is 159 Å². The molecule has 0 bridgehead atoms. The third kappa shape index (κ3) is 4.45. The summed E-state index contributed by atoms with van der Waals surface area (Å²) in [5, 5.41) is 2.80. The van der Waals surface area contributed by atoms with Crippen LogP contribution < -0.4 is 16.0 Å². The van der Waals surface area contributed by atoms with Crippen molar-refractivity contribution in [2.24, 2.45) is 5.73 Å². The number of halogens is 4. The molecule has 2 aromatic rings. The summed E-state index contributed by atoms with van der Waals surface area (Å²) < 4.78 is 45.7. The first-order valence-electron chi connectivity index (χ1n) is 8.18. The smallest absolute Gasteiger partial charge is 0.375 e. The first-order valence-corrected chi connectivity index (χ1v) is 8.18. The Hall–Kier alpha value is -2.04. The number of pyridine rings is 1. The molecular formula is C16H21ClF3N5O2. The Bertz CT molecular complexity index is 811. The fourth-order valence-corrected chi connectivity index (χ4v) is 3.24. The fraction of sp³-hybridized carbons (Fsp3) is 0.500. The molecule has 2 aromatic heterocycles. The summed E-state index contributed by atoms with van der Waals surface area (Å²) in [7, 11) is 1.36. The number of carbonyl (C=O) groups is 1. The molecule has 1 atom stereocenters. The number of H-pyrrole nitrogens is 1. The number of hydrogen-bond donors (Lipinski definition) is 3. The number of nitrogens with zero attached hydrogens (tertiary/aromatic N) is 2. The Morgan fingerprint density at radius 1 is 1.52 bits per heavy atom. The maximum atomic E-state index is 13.6. The molecule has 27 heavy (non-hydrogen) atoms. The van der Waals surface area contributed by atoms with Crippen LogP contribution in [0.4, 0.5) is 24.5 Å². The Morgan fingerprint density at radius 3 is 2.89 bits per heavy atom. The molecule has 0 aromatic carbocycles. The van der Waals surface area contributed by atoms with E-state index in [1.807, 2.05) is 0 Å². The summed E-state index contributed by atoms with van der Waals surface area (Å²) >= 11 is 0. The fourth-order valence-electron chi connectivity index (χ4n) is 3.24. The standard InChI is InChI=1S/C16H20F3N5O2.ClH/c1-26-8-12(25)23-11-6-22-15-13(11)14(10(5-21-15)16(17,18)19)24-4-2-3-9(20)7-24;/h5-6,9H,2-4,7-8,20H2,1H3,(H,21,22)(H,23,25);1H/t9-;/m1./s1. The van der Waals surface area contributed by atoms with Crippen molar-refractivity contribution in [2.45, 2.75) is 25.1 Å². The number of anilines is 2. The number of aromatic nitrogens is 2. The van der Waals surface area contributed by atoms with Crippen molar-refractivity contribution in [3.8, 4) is 0 Å². The molecule has 7 nitrogen and oxygen atoms in total. The number of carbonyl (C=O) groups excluding carboxylic acids is 1. The van der Waals surface area contributed by atoms with Crippen LogP contribution in [0.1, 0.15) is 18.4 Å². The molecule has 4 N–H and O–H groups in total. The SMILES string of the molecule is COCC(=O)Nc1c[nH]c2ncc(C(F)(F)F)c(N3CCC[C@@H](N)C3)c12.Cl. The molecule has 1 aliphatic heterocycles. The predicted octanol–water partition coefficient (Wildman–Crippen LogP) is 2.52. The molecule has 3 heterocycles. The lowest BCUT2D eigenvalue weighted by Crippen LogP contribution is -2.43. The van der Waals surface area contributed by atoms with E-state index in [1.54, 1.807) is 4.90 Å². The molecule has 0 saturated carbocycles. The molecule has 0 aliphatic carbocycles. The summed E-state index contributed by atoms with van der Waals surface area (Å²) in [5.41, 5.74) is 5.61. The normalized spacial score (nSPS) is 17.7. The number of rotatable bonds is 4. The van der Waals surface area contributed by atoms with Gasteiger partial charge >= 0.3 is 6.18 Å². The second-order valence-electron chi connectivity index (χ2n) is 6.27. The zero-order valence-corrected chi connectivity index (χ0v) is 15.4. The van der Waals surface area contributed by atoms with Crippen molar-refractivity contribution >= 4 is 40.7 Å². The highest BCUT2D eigenvalue weighted by atomic mass is 35.5. The van der Waals surface area contributed by atoms with E-state index >= 15 is 0 Å². The first kappa shape index (κ1) is 21.3. The van der Waals surface area contributed by atoms with E-state index in [0.29, 0.717) is 19.5 Å². The number of methoxy groups -OCH3 is 1. The van der Waals surface area contributed by atoms with Gasteiger partial charge in [-0.2, -0.15) is 13.2 Å². The number of nitrogens with two attached hydrogens (primary N) is 1. The van der Waals surface area contributed by atoms with Gasteiger partial charge in [0.25, 0.3) is 0 Å². The van der Waals surface area contributed by atoms with E-state index < -0.39 is 17.6 Å². The molecule has 1 fully saturated rings. The molecule has 1 amide bonds. The summed E-state index contributed by atoms with van der Waals surface area (Å²) in [4.78, 5) is 20.2. The number of fused-ring (bicyclic) bond motifs is 1. The summed E-state index contributed by atoms with van der Waals surface area (Å²) in [5.74, 6) is -0.466. The lowest BCUT2D eigenvalue weighted by Gasteiger charge is -2.34. The van der Waals surface area contributed by atoms with Gasteiger partial charge in [0.05, 0.1) is 22.3 Å². The van der Waals surface area contributed by atoms with E-state index in [4.69, 9.17) is 10.5 Å². The van der Waals surface area contributed by atoms with Gasteiger partial charge in [-0.3, -0.25) is 4.79 Å². The van der Waals surface area contributed by atoms with Gasteiger partial charge < -0.3 is 25.7 Å². The van der Waals surface area contributed by atoms with Gasteiger partial charge in [0.1, 0.15) is 12.3 Å². The molecular weight excluding hydrogens is 387 g/mol. The van der Waals surface area contributed by atoms with Crippen molar-refractivity contribution in [3.63, 3.8) is 0 Å². The van der Waals surface area contributed by atoms with Crippen LogP contribution in [0.5, 0.6) is 0 Å². The maximum Gasteiger partial charge on any atom is 0.419 e. The highest BCUT2D eigenvalue weighted by molar-refractivity contribution is 6.07. The van der Waals surface area contributed by atoms with Crippen molar-refractivity contribution in [1.29, 1.82) is 0 Å². The second-order valence-corrected chi connectivity index (χ2v) is 6.27. The number of piperidine rings is 1. The minimum Gasteiger partial charge on any atom is -0.375 e. The number of nitrogens with one attached hydrogen (secondary N) is 2. The lowest BCUT2D eigenvalue weighted by molar-refractivity contribution is -0.137. The van der Waals surface area contributed by atoms with Gasteiger partial charge in [0.15, 0.2) is 0 Å². The van der Waals surface area contributed by atoms with Crippen molar-refractivity contribution in [3.05, 3.63) is 18.0 Å². The number of amides is 1. The van der Waals surface area contributed by atoms with Crippen LogP contribution in [0, 0.1) is 0 Å². The maximum absolute atomic E-state index is 13.6. The van der Waals surface area contributed by atoms with Gasteiger partial charge in [-0.05, 0) is 12.8 Å². The number of alkyl halides is 3. The van der Waals surface area contributed by atoms with Crippen LogP contribution in [0.3, 0.4) is 0 Å². The average Bonchev–Trinajstić information content (AvgIpc) is 2.96. The summed E-state index contributed by atoms with van der Waals surface area (Å²) in [6.45, 7) is 0.550. The van der Waals surface area contributed by atoms with E-state index in [1.165, 1.54) is 13.3 Å². The molecule has 1 aliphatic rings. The molecule has 3 rings (SSSR count). The number of hydrogen-bond acceptors (Lipinski definition) is 5. The highest BCUT2D eigenvalue weighted by Gasteiger charge is 2.38. The van der Waals surface area contributed by atoms with Crippen LogP contribution in [0.25, 0.3) is 11.0 Å². The first-order chi connectivity index (χ1) is 12.3. The Morgan fingerprint density at radius 2 is 2.26 bits per heavy atom. The Kier molecular flexibility index (Phi) is 6.55. The van der Waals surface area contributed by atoms with Gasteiger partial charge in [0.2, 0.25) is 5.91 Å². The topological polar surface area (TPSA) is 96.3 Å². The molecule has 11 heteroatoms. The van der Waals surface area contributed by atoms with Gasteiger partial charge in [-0.25, -0.2) is 4.98 Å². The lowest BCUT2D eigenvalue weighted by atomic mass is 10.0. The minimum atomic E-state index is -4.58. The largest absolute Gasteiger partial charge is 0.419 e. The number of aromatic amines is 1. The van der Waals surface area contributed by atoms with Crippen molar-refractivity contribution in [1.82, 2.24) is 9.97 Å². The second kappa shape index (κ2) is 8.32. The quantitative estimate of drug-likeness (QED) is 0.723. The zero-order chi connectivity index (χ0) is 18.9. The molecule has 1 saturated heterocycles. The zero-order valence-electron chi connectivity index (χ0n) is 14.6. The summed E-state index contributed by atoms with van der Waals surface area (Å²) in [6, 6.07) is -0.210. The monoisotopic (exact) mass is 407 g/mol. The van der Waals surface area contributed by atoms with Crippen LogP contribution in [0.2, 0.25) is 0 Å². The summed E-state index contributed by atoms with van der Waals surface area (Å²) in [6.07, 6.45) is -0.883.